The summed E-state index contributed by atoms with van der Waals surface area (Å²) >= 11 is 3.08. The third kappa shape index (κ3) is 2.86. The van der Waals surface area contributed by atoms with Gasteiger partial charge in [0.25, 0.3) is 5.91 Å². The van der Waals surface area contributed by atoms with Crippen LogP contribution in [0.25, 0.3) is 0 Å². The normalized spacial score (nSPS) is 23.7. The fourth-order valence-electron chi connectivity index (χ4n) is 2.25. The molecule has 2 rings (SSSR count). The SMILES string of the molecule is CC1CCCC1NC(=O)c1ccc(F)c(Br)c1. The quantitative estimate of drug-likeness (QED) is 0.890. The molecular formula is C13H15BrFNO. The molecule has 0 aliphatic heterocycles. The molecule has 0 spiro atoms. The van der Waals surface area contributed by atoms with Crippen LogP contribution in [0.4, 0.5) is 4.39 Å². The highest BCUT2D eigenvalue weighted by molar-refractivity contribution is 9.10. The van der Waals surface area contributed by atoms with Gasteiger partial charge in [-0.2, -0.15) is 0 Å². The number of halogens is 2. The van der Waals surface area contributed by atoms with Gasteiger partial charge in [0, 0.05) is 11.6 Å². The number of carbonyl (C=O) groups is 1. The average molecular weight is 300 g/mol. The van der Waals surface area contributed by atoms with E-state index < -0.39 is 0 Å². The number of benzene rings is 1. The third-order valence-corrected chi connectivity index (χ3v) is 3.97. The summed E-state index contributed by atoms with van der Waals surface area (Å²) in [7, 11) is 0. The molecule has 1 aromatic rings. The third-order valence-electron chi connectivity index (χ3n) is 3.36. The molecule has 1 aliphatic rings. The Morgan fingerprint density at radius 2 is 2.24 bits per heavy atom. The van der Waals surface area contributed by atoms with Crippen molar-refractivity contribution in [1.29, 1.82) is 0 Å². The highest BCUT2D eigenvalue weighted by Crippen LogP contribution is 2.25. The minimum atomic E-state index is -0.351. The van der Waals surface area contributed by atoms with Gasteiger partial charge in [-0.15, -0.1) is 0 Å². The second-order valence-electron chi connectivity index (χ2n) is 4.62. The lowest BCUT2D eigenvalue weighted by atomic mass is 10.1. The number of hydrogen-bond acceptors (Lipinski definition) is 1. The van der Waals surface area contributed by atoms with Crippen molar-refractivity contribution in [2.75, 3.05) is 0 Å². The van der Waals surface area contributed by atoms with Gasteiger partial charge in [-0.05, 0) is 52.9 Å². The van der Waals surface area contributed by atoms with Crippen LogP contribution in [-0.4, -0.2) is 11.9 Å². The molecule has 1 aromatic carbocycles. The van der Waals surface area contributed by atoms with Crippen molar-refractivity contribution in [2.24, 2.45) is 5.92 Å². The van der Waals surface area contributed by atoms with Gasteiger partial charge in [0.2, 0.25) is 0 Å². The molecule has 0 aromatic heterocycles. The van der Waals surface area contributed by atoms with Crippen molar-refractivity contribution in [3.8, 4) is 0 Å². The Balaban J connectivity index is 2.06. The zero-order valence-corrected chi connectivity index (χ0v) is 11.3. The Morgan fingerprint density at radius 1 is 1.47 bits per heavy atom. The summed E-state index contributed by atoms with van der Waals surface area (Å²) < 4.78 is 13.4. The Labute approximate surface area is 109 Å². The lowest BCUT2D eigenvalue weighted by molar-refractivity contribution is 0.0929. The van der Waals surface area contributed by atoms with Crippen molar-refractivity contribution in [1.82, 2.24) is 5.32 Å². The molecule has 1 fully saturated rings. The van der Waals surface area contributed by atoms with Crippen molar-refractivity contribution in [3.05, 3.63) is 34.1 Å². The van der Waals surface area contributed by atoms with Crippen LogP contribution in [0.5, 0.6) is 0 Å². The number of amides is 1. The van der Waals surface area contributed by atoms with Gasteiger partial charge in [0.1, 0.15) is 5.82 Å². The van der Waals surface area contributed by atoms with Crippen LogP contribution in [0, 0.1) is 11.7 Å². The Kier molecular flexibility index (Phi) is 3.82. The van der Waals surface area contributed by atoms with E-state index in [4.69, 9.17) is 0 Å². The predicted octanol–water partition coefficient (Wildman–Crippen LogP) is 3.51. The van der Waals surface area contributed by atoms with Crippen molar-refractivity contribution in [3.63, 3.8) is 0 Å². The maximum absolute atomic E-state index is 13.1. The molecule has 2 nitrogen and oxygen atoms in total. The zero-order chi connectivity index (χ0) is 12.4. The molecule has 4 heteroatoms. The summed E-state index contributed by atoms with van der Waals surface area (Å²) in [5, 5.41) is 3.01. The molecule has 0 radical (unpaired) electrons. The van der Waals surface area contributed by atoms with Crippen LogP contribution in [0.2, 0.25) is 0 Å². The molecule has 1 saturated carbocycles. The van der Waals surface area contributed by atoms with Crippen molar-refractivity contribution in [2.45, 2.75) is 32.2 Å². The first-order chi connectivity index (χ1) is 8.08. The van der Waals surface area contributed by atoms with Gasteiger partial charge >= 0.3 is 0 Å². The maximum atomic E-state index is 13.1. The minimum Gasteiger partial charge on any atom is -0.349 e. The Morgan fingerprint density at radius 3 is 2.82 bits per heavy atom. The van der Waals surface area contributed by atoms with E-state index in [2.05, 4.69) is 28.2 Å². The van der Waals surface area contributed by atoms with E-state index in [0.717, 1.165) is 12.8 Å². The summed E-state index contributed by atoms with van der Waals surface area (Å²) in [5.41, 5.74) is 0.498. The first kappa shape index (κ1) is 12.6. The molecule has 1 N–H and O–H groups in total. The number of carbonyl (C=O) groups excluding carboxylic acids is 1. The molecule has 0 heterocycles. The fourth-order valence-corrected chi connectivity index (χ4v) is 2.63. The number of nitrogens with one attached hydrogen (secondary N) is 1. The monoisotopic (exact) mass is 299 g/mol. The van der Waals surface area contributed by atoms with E-state index in [1.54, 1.807) is 0 Å². The first-order valence-electron chi connectivity index (χ1n) is 5.84. The smallest absolute Gasteiger partial charge is 0.251 e. The van der Waals surface area contributed by atoms with Gasteiger partial charge in [-0.1, -0.05) is 13.3 Å². The van der Waals surface area contributed by atoms with E-state index in [9.17, 15) is 9.18 Å². The van der Waals surface area contributed by atoms with Gasteiger partial charge in [-0.3, -0.25) is 4.79 Å². The summed E-state index contributed by atoms with van der Waals surface area (Å²) in [4.78, 5) is 12.0. The largest absolute Gasteiger partial charge is 0.349 e. The molecule has 2 atom stereocenters. The van der Waals surface area contributed by atoms with Crippen molar-refractivity contribution >= 4 is 21.8 Å². The number of rotatable bonds is 2. The molecule has 2 unspecified atom stereocenters. The summed E-state index contributed by atoms with van der Waals surface area (Å²) in [6.07, 6.45) is 3.37. The lowest BCUT2D eigenvalue weighted by Crippen LogP contribution is -2.36. The van der Waals surface area contributed by atoms with Crippen LogP contribution in [0.3, 0.4) is 0 Å². The second kappa shape index (κ2) is 5.17. The van der Waals surface area contributed by atoms with Gasteiger partial charge in [-0.25, -0.2) is 4.39 Å². The summed E-state index contributed by atoms with van der Waals surface area (Å²) in [6.45, 7) is 2.15. The van der Waals surface area contributed by atoms with E-state index in [-0.39, 0.29) is 17.8 Å². The second-order valence-corrected chi connectivity index (χ2v) is 5.47. The molecular weight excluding hydrogens is 285 g/mol. The van der Waals surface area contributed by atoms with Crippen molar-refractivity contribution < 1.29 is 9.18 Å². The van der Waals surface area contributed by atoms with E-state index in [1.165, 1.54) is 24.6 Å². The average Bonchev–Trinajstić information content (AvgIpc) is 2.68. The summed E-state index contributed by atoms with van der Waals surface area (Å²) in [6, 6.07) is 4.59. The minimum absolute atomic E-state index is 0.121. The topological polar surface area (TPSA) is 29.1 Å². The van der Waals surface area contributed by atoms with Crippen LogP contribution in [0.1, 0.15) is 36.5 Å². The maximum Gasteiger partial charge on any atom is 0.251 e. The number of hydrogen-bond donors (Lipinski definition) is 1. The highest BCUT2D eigenvalue weighted by Gasteiger charge is 2.25. The zero-order valence-electron chi connectivity index (χ0n) is 9.67. The first-order valence-corrected chi connectivity index (χ1v) is 6.63. The Hall–Kier alpha value is -0.900. The summed E-state index contributed by atoms with van der Waals surface area (Å²) in [5.74, 6) is 0.0584. The molecule has 1 amide bonds. The highest BCUT2D eigenvalue weighted by atomic mass is 79.9. The van der Waals surface area contributed by atoms with Gasteiger partial charge in [0.05, 0.1) is 4.47 Å². The van der Waals surface area contributed by atoms with E-state index in [1.807, 2.05) is 0 Å². The lowest BCUT2D eigenvalue weighted by Gasteiger charge is -2.17. The standard InChI is InChI=1S/C13H15BrFNO/c1-8-3-2-4-12(8)16-13(17)9-5-6-11(15)10(14)7-9/h5-8,12H,2-4H2,1H3,(H,16,17). The van der Waals surface area contributed by atoms with Crippen LogP contribution >= 0.6 is 15.9 Å². The fraction of sp³-hybridized carbons (Fsp3) is 0.462. The molecule has 17 heavy (non-hydrogen) atoms. The van der Waals surface area contributed by atoms with Gasteiger partial charge in [0.15, 0.2) is 0 Å². The Bertz CT molecular complexity index is 435. The molecule has 1 aliphatic carbocycles. The van der Waals surface area contributed by atoms with E-state index in [0.29, 0.717) is 16.0 Å². The molecule has 0 saturated heterocycles. The van der Waals surface area contributed by atoms with Gasteiger partial charge < -0.3 is 5.32 Å². The van der Waals surface area contributed by atoms with Crippen LogP contribution in [-0.2, 0) is 0 Å². The van der Waals surface area contributed by atoms with Crippen LogP contribution < -0.4 is 5.32 Å². The van der Waals surface area contributed by atoms with Crippen LogP contribution in [0.15, 0.2) is 22.7 Å². The molecule has 0 bridgehead atoms. The molecule has 92 valence electrons. The predicted molar refractivity (Wildman–Crippen MR) is 68.4 cm³/mol. The van der Waals surface area contributed by atoms with E-state index >= 15 is 0 Å².